The number of aryl methyl sites for hydroxylation is 1. The number of benzene rings is 2. The molecule has 0 aliphatic carbocycles. The number of anilines is 3. The van der Waals surface area contributed by atoms with Crippen molar-refractivity contribution in [3.8, 4) is 11.5 Å². The molecule has 0 saturated carbocycles. The lowest BCUT2D eigenvalue weighted by molar-refractivity contribution is 0.293. The fourth-order valence-corrected chi connectivity index (χ4v) is 2.36. The highest BCUT2D eigenvalue weighted by Gasteiger charge is 2.17. The minimum Gasteiger partial charge on any atom is -0.451 e. The number of rotatable bonds is 4. The molecule has 7 heteroatoms. The third-order valence-corrected chi connectivity index (χ3v) is 3.55. The van der Waals surface area contributed by atoms with Crippen molar-refractivity contribution in [2.45, 2.75) is 6.92 Å². The minimum absolute atomic E-state index is 0.0279. The standard InChI is InChI=1S/C17H15ClN4O2/c1-11-9-12(18)7-8-14(11)24-15-10-20-17(19)21-16(15)22(23)13-5-3-2-4-6-13/h2-10,23H,1H3,(H2,19,20,21). The average Bonchev–Trinajstić information content (AvgIpc) is 2.59. The van der Waals surface area contributed by atoms with Gasteiger partial charge in [0, 0.05) is 5.02 Å². The summed E-state index contributed by atoms with van der Waals surface area (Å²) in [6, 6.07) is 14.1. The van der Waals surface area contributed by atoms with E-state index in [1.54, 1.807) is 42.5 Å². The van der Waals surface area contributed by atoms with Gasteiger partial charge in [-0.05, 0) is 42.8 Å². The molecule has 1 heterocycles. The van der Waals surface area contributed by atoms with E-state index in [9.17, 15) is 5.21 Å². The summed E-state index contributed by atoms with van der Waals surface area (Å²) < 4.78 is 5.85. The summed E-state index contributed by atoms with van der Waals surface area (Å²) in [5, 5.41) is 12.0. The zero-order valence-corrected chi connectivity index (χ0v) is 13.6. The second kappa shape index (κ2) is 6.74. The van der Waals surface area contributed by atoms with Crippen LogP contribution in [0, 0.1) is 6.92 Å². The Morgan fingerprint density at radius 3 is 2.58 bits per heavy atom. The van der Waals surface area contributed by atoms with Gasteiger partial charge in [0.1, 0.15) is 5.75 Å². The number of halogens is 1. The SMILES string of the molecule is Cc1cc(Cl)ccc1Oc1cnc(N)nc1N(O)c1ccccc1. The molecule has 3 aromatic rings. The van der Waals surface area contributed by atoms with Crippen LogP contribution in [0.15, 0.2) is 54.7 Å². The summed E-state index contributed by atoms with van der Waals surface area (Å²) in [5.74, 6) is 1.01. The number of nitrogens with two attached hydrogens (primary N) is 1. The predicted octanol–water partition coefficient (Wildman–Crippen LogP) is 4.34. The van der Waals surface area contributed by atoms with Crippen molar-refractivity contribution in [2.75, 3.05) is 10.8 Å². The summed E-state index contributed by atoms with van der Waals surface area (Å²) in [7, 11) is 0. The van der Waals surface area contributed by atoms with Gasteiger partial charge in [-0.2, -0.15) is 4.98 Å². The molecule has 6 nitrogen and oxygen atoms in total. The number of hydrogen-bond donors (Lipinski definition) is 2. The van der Waals surface area contributed by atoms with E-state index in [1.165, 1.54) is 6.20 Å². The Morgan fingerprint density at radius 1 is 1.12 bits per heavy atom. The summed E-state index contributed by atoms with van der Waals surface area (Å²) in [4.78, 5) is 8.02. The van der Waals surface area contributed by atoms with Gasteiger partial charge < -0.3 is 10.5 Å². The molecule has 3 rings (SSSR count). The van der Waals surface area contributed by atoms with Crippen molar-refractivity contribution in [1.29, 1.82) is 0 Å². The highest BCUT2D eigenvalue weighted by atomic mass is 35.5. The van der Waals surface area contributed by atoms with Crippen LogP contribution in [0.4, 0.5) is 17.5 Å². The molecule has 122 valence electrons. The van der Waals surface area contributed by atoms with Crippen molar-refractivity contribution in [2.24, 2.45) is 0 Å². The maximum atomic E-state index is 10.5. The molecule has 0 aliphatic heterocycles. The number of nitrogens with zero attached hydrogens (tertiary/aromatic N) is 3. The molecule has 1 aromatic heterocycles. The van der Waals surface area contributed by atoms with E-state index < -0.39 is 0 Å². The first-order valence-electron chi connectivity index (χ1n) is 7.15. The van der Waals surface area contributed by atoms with Crippen LogP contribution in [0.3, 0.4) is 0 Å². The minimum atomic E-state index is 0.0279. The third-order valence-electron chi connectivity index (χ3n) is 3.31. The molecule has 0 bridgehead atoms. The molecule has 0 saturated heterocycles. The van der Waals surface area contributed by atoms with Crippen LogP contribution >= 0.6 is 11.6 Å². The number of hydrogen-bond acceptors (Lipinski definition) is 6. The topological polar surface area (TPSA) is 84.5 Å². The number of para-hydroxylation sites is 1. The molecule has 0 amide bonds. The molecule has 0 fully saturated rings. The van der Waals surface area contributed by atoms with E-state index in [0.717, 1.165) is 10.6 Å². The maximum Gasteiger partial charge on any atom is 0.222 e. The Labute approximate surface area is 144 Å². The van der Waals surface area contributed by atoms with E-state index in [2.05, 4.69) is 9.97 Å². The van der Waals surface area contributed by atoms with E-state index >= 15 is 0 Å². The van der Waals surface area contributed by atoms with Crippen LogP contribution in [0.2, 0.25) is 5.02 Å². The monoisotopic (exact) mass is 342 g/mol. The molecule has 2 aromatic carbocycles. The van der Waals surface area contributed by atoms with Crippen LogP contribution in [0.25, 0.3) is 0 Å². The Hall–Kier alpha value is -2.83. The summed E-state index contributed by atoms with van der Waals surface area (Å²) in [6.07, 6.45) is 1.41. The van der Waals surface area contributed by atoms with Crippen LogP contribution in [0.1, 0.15) is 5.56 Å². The zero-order valence-electron chi connectivity index (χ0n) is 12.8. The van der Waals surface area contributed by atoms with Gasteiger partial charge in [-0.15, -0.1) is 0 Å². The first-order chi connectivity index (χ1) is 11.5. The zero-order chi connectivity index (χ0) is 17.1. The fourth-order valence-electron chi connectivity index (χ4n) is 2.14. The molecule has 0 atom stereocenters. The van der Waals surface area contributed by atoms with Gasteiger partial charge in [0.05, 0.1) is 11.9 Å². The van der Waals surface area contributed by atoms with Gasteiger partial charge in [-0.3, -0.25) is 5.21 Å². The average molecular weight is 343 g/mol. The van der Waals surface area contributed by atoms with E-state index in [1.807, 2.05) is 13.0 Å². The highest BCUT2D eigenvalue weighted by Crippen LogP contribution is 2.35. The first kappa shape index (κ1) is 16.0. The van der Waals surface area contributed by atoms with E-state index in [-0.39, 0.29) is 17.5 Å². The van der Waals surface area contributed by atoms with Gasteiger partial charge >= 0.3 is 0 Å². The largest absolute Gasteiger partial charge is 0.451 e. The molecule has 0 spiro atoms. The predicted molar refractivity (Wildman–Crippen MR) is 93.1 cm³/mol. The van der Waals surface area contributed by atoms with Gasteiger partial charge in [0.15, 0.2) is 5.75 Å². The molecule has 0 aliphatic rings. The van der Waals surface area contributed by atoms with Crippen molar-refractivity contribution in [3.05, 3.63) is 65.3 Å². The van der Waals surface area contributed by atoms with Crippen molar-refractivity contribution in [1.82, 2.24) is 9.97 Å². The molecular formula is C17H15ClN4O2. The molecule has 0 unspecified atom stereocenters. The van der Waals surface area contributed by atoms with Gasteiger partial charge in [0.2, 0.25) is 11.8 Å². The van der Waals surface area contributed by atoms with Gasteiger partial charge in [-0.25, -0.2) is 10.0 Å². The fraction of sp³-hybridized carbons (Fsp3) is 0.0588. The number of aromatic nitrogens is 2. The van der Waals surface area contributed by atoms with Gasteiger partial charge in [0.25, 0.3) is 0 Å². The lowest BCUT2D eigenvalue weighted by atomic mass is 10.2. The molecular weight excluding hydrogens is 328 g/mol. The molecule has 24 heavy (non-hydrogen) atoms. The van der Waals surface area contributed by atoms with E-state index in [4.69, 9.17) is 22.1 Å². The second-order valence-corrected chi connectivity index (χ2v) is 5.51. The Kier molecular flexibility index (Phi) is 4.50. The van der Waals surface area contributed by atoms with Crippen molar-refractivity contribution < 1.29 is 9.94 Å². The molecule has 3 N–H and O–H groups in total. The van der Waals surface area contributed by atoms with Gasteiger partial charge in [-0.1, -0.05) is 29.8 Å². The lowest BCUT2D eigenvalue weighted by Gasteiger charge is -2.19. The summed E-state index contributed by atoms with van der Waals surface area (Å²) in [5.41, 5.74) is 7.02. The van der Waals surface area contributed by atoms with Crippen molar-refractivity contribution in [3.63, 3.8) is 0 Å². The Morgan fingerprint density at radius 2 is 1.88 bits per heavy atom. The maximum absolute atomic E-state index is 10.5. The smallest absolute Gasteiger partial charge is 0.222 e. The van der Waals surface area contributed by atoms with E-state index in [0.29, 0.717) is 16.5 Å². The second-order valence-electron chi connectivity index (χ2n) is 5.08. The quantitative estimate of drug-likeness (QED) is 0.686. The Bertz CT molecular complexity index is 858. The molecule has 0 radical (unpaired) electrons. The third kappa shape index (κ3) is 3.40. The Balaban J connectivity index is 1.99. The number of ether oxygens (including phenoxy) is 1. The first-order valence-corrected chi connectivity index (χ1v) is 7.53. The van der Waals surface area contributed by atoms with Crippen molar-refractivity contribution >= 4 is 29.1 Å². The van der Waals surface area contributed by atoms with Crippen LogP contribution in [0.5, 0.6) is 11.5 Å². The van der Waals surface area contributed by atoms with Crippen LogP contribution in [-0.4, -0.2) is 15.2 Å². The normalized spacial score (nSPS) is 10.5. The lowest BCUT2D eigenvalue weighted by Crippen LogP contribution is -2.14. The van der Waals surface area contributed by atoms with Crippen LogP contribution in [-0.2, 0) is 0 Å². The summed E-state index contributed by atoms with van der Waals surface area (Å²) in [6.45, 7) is 1.87. The highest BCUT2D eigenvalue weighted by molar-refractivity contribution is 6.30. The van der Waals surface area contributed by atoms with Crippen LogP contribution < -0.4 is 15.5 Å². The number of nitrogen functional groups attached to an aromatic ring is 1. The summed E-state index contributed by atoms with van der Waals surface area (Å²) >= 11 is 5.96.